The number of allylic oxidation sites excluding steroid dienone is 6. The van der Waals surface area contributed by atoms with Crippen LogP contribution in [0.2, 0.25) is 0 Å². The summed E-state index contributed by atoms with van der Waals surface area (Å²) in [7, 11) is 1.71. The van der Waals surface area contributed by atoms with Crippen molar-refractivity contribution < 1.29 is 0 Å². The van der Waals surface area contributed by atoms with Crippen LogP contribution in [0.3, 0.4) is 0 Å². The van der Waals surface area contributed by atoms with Crippen LogP contribution >= 0.6 is 0 Å². The van der Waals surface area contributed by atoms with Crippen LogP contribution in [0, 0.1) is 0 Å². The van der Waals surface area contributed by atoms with Gasteiger partial charge in [-0.05, 0) is 6.72 Å². The SMILES string of the molecule is C=NC(=NC)C1=CC=CC=CC=C1. The van der Waals surface area contributed by atoms with Gasteiger partial charge in [-0.2, -0.15) is 0 Å². The van der Waals surface area contributed by atoms with Crippen molar-refractivity contribution in [3.05, 3.63) is 48.1 Å². The summed E-state index contributed by atoms with van der Waals surface area (Å²) in [5.41, 5.74) is 0.970. The average molecular weight is 172 g/mol. The average Bonchev–Trinajstić information content (AvgIpc) is 2.09. The van der Waals surface area contributed by atoms with E-state index in [0.717, 1.165) is 5.57 Å². The van der Waals surface area contributed by atoms with Gasteiger partial charge in [0.05, 0.1) is 0 Å². The summed E-state index contributed by atoms with van der Waals surface area (Å²) in [5.74, 6) is 0.663. The Morgan fingerprint density at radius 1 is 1.15 bits per heavy atom. The molecule has 0 spiro atoms. The predicted molar refractivity (Wildman–Crippen MR) is 58.4 cm³/mol. The predicted octanol–water partition coefficient (Wildman–Crippen LogP) is 2.32. The van der Waals surface area contributed by atoms with Crippen molar-refractivity contribution in [3.63, 3.8) is 0 Å². The molecule has 13 heavy (non-hydrogen) atoms. The van der Waals surface area contributed by atoms with E-state index in [4.69, 9.17) is 0 Å². The Balaban J connectivity index is 2.96. The molecule has 0 unspecified atom stereocenters. The quantitative estimate of drug-likeness (QED) is 0.428. The number of aliphatic imine (C=N–C) groups is 2. The summed E-state index contributed by atoms with van der Waals surface area (Å²) < 4.78 is 0. The highest BCUT2D eigenvalue weighted by atomic mass is 14.9. The molecular formula is C11H12N2. The van der Waals surface area contributed by atoms with Crippen molar-refractivity contribution in [1.29, 1.82) is 0 Å². The first-order valence-corrected chi connectivity index (χ1v) is 4.04. The lowest BCUT2D eigenvalue weighted by Crippen LogP contribution is -1.96. The van der Waals surface area contributed by atoms with Gasteiger partial charge >= 0.3 is 0 Å². The second-order valence-electron chi connectivity index (χ2n) is 2.46. The van der Waals surface area contributed by atoms with Gasteiger partial charge in [-0.1, -0.05) is 42.5 Å². The van der Waals surface area contributed by atoms with Gasteiger partial charge < -0.3 is 0 Å². The van der Waals surface area contributed by atoms with Gasteiger partial charge in [-0.15, -0.1) is 0 Å². The summed E-state index contributed by atoms with van der Waals surface area (Å²) in [6.07, 6.45) is 13.7. The highest BCUT2D eigenvalue weighted by Crippen LogP contribution is 2.04. The molecule has 2 nitrogen and oxygen atoms in total. The number of hydrogen-bond donors (Lipinski definition) is 0. The van der Waals surface area contributed by atoms with Gasteiger partial charge in [-0.25, -0.2) is 4.99 Å². The van der Waals surface area contributed by atoms with Crippen LogP contribution in [0.5, 0.6) is 0 Å². The molecule has 1 rings (SSSR count). The first-order chi connectivity index (χ1) is 6.38. The van der Waals surface area contributed by atoms with Crippen LogP contribution in [-0.2, 0) is 0 Å². The van der Waals surface area contributed by atoms with Crippen molar-refractivity contribution in [2.45, 2.75) is 0 Å². The lowest BCUT2D eigenvalue weighted by molar-refractivity contribution is 1.40. The molecule has 2 heteroatoms. The maximum atomic E-state index is 4.01. The largest absolute Gasteiger partial charge is 0.270 e. The molecule has 0 N–H and O–H groups in total. The third kappa shape index (κ3) is 2.67. The first kappa shape index (κ1) is 9.39. The molecule has 66 valence electrons. The fourth-order valence-corrected chi connectivity index (χ4v) is 1.01. The standard InChI is InChI=1S/C11H12N2/c1-12-11(13-2)10-8-6-4-3-5-7-9-10/h3-9H,1H2,2H3. The van der Waals surface area contributed by atoms with Gasteiger partial charge in [0.15, 0.2) is 5.84 Å². The molecule has 0 radical (unpaired) electrons. The van der Waals surface area contributed by atoms with E-state index in [0.29, 0.717) is 5.84 Å². The molecule has 0 saturated heterocycles. The Labute approximate surface area is 78.4 Å². The van der Waals surface area contributed by atoms with Crippen LogP contribution in [0.4, 0.5) is 0 Å². The molecular weight excluding hydrogens is 160 g/mol. The maximum absolute atomic E-state index is 4.01. The second kappa shape index (κ2) is 5.04. The number of amidine groups is 1. The van der Waals surface area contributed by atoms with E-state index in [1.54, 1.807) is 7.05 Å². The van der Waals surface area contributed by atoms with Crippen molar-refractivity contribution in [1.82, 2.24) is 0 Å². The normalized spacial score (nSPS) is 16.4. The lowest BCUT2D eigenvalue weighted by Gasteiger charge is -1.99. The third-order valence-electron chi connectivity index (χ3n) is 1.62. The Morgan fingerprint density at radius 2 is 1.85 bits per heavy atom. The van der Waals surface area contributed by atoms with E-state index in [-0.39, 0.29) is 0 Å². The fraction of sp³-hybridized carbons (Fsp3) is 0.0909. The lowest BCUT2D eigenvalue weighted by atomic mass is 10.1. The summed E-state index contributed by atoms with van der Waals surface area (Å²) in [5, 5.41) is 0. The second-order valence-corrected chi connectivity index (χ2v) is 2.46. The zero-order chi connectivity index (χ0) is 9.52. The van der Waals surface area contributed by atoms with Crippen LogP contribution in [0.25, 0.3) is 0 Å². The minimum absolute atomic E-state index is 0.663. The Morgan fingerprint density at radius 3 is 2.54 bits per heavy atom. The van der Waals surface area contributed by atoms with E-state index < -0.39 is 0 Å². The Kier molecular flexibility index (Phi) is 3.64. The molecule has 0 aromatic heterocycles. The molecule has 0 heterocycles. The molecule has 1 aliphatic carbocycles. The molecule has 0 aromatic carbocycles. The van der Waals surface area contributed by atoms with Gasteiger partial charge in [-0.3, -0.25) is 4.99 Å². The number of nitrogens with zero attached hydrogens (tertiary/aromatic N) is 2. The zero-order valence-electron chi connectivity index (χ0n) is 7.64. The van der Waals surface area contributed by atoms with Gasteiger partial charge in [0.2, 0.25) is 0 Å². The van der Waals surface area contributed by atoms with E-state index in [1.165, 1.54) is 0 Å². The highest BCUT2D eigenvalue weighted by molar-refractivity contribution is 6.03. The highest BCUT2D eigenvalue weighted by Gasteiger charge is 1.97. The monoisotopic (exact) mass is 172 g/mol. The molecule has 0 amide bonds. The minimum atomic E-state index is 0.663. The van der Waals surface area contributed by atoms with E-state index >= 15 is 0 Å². The number of hydrogen-bond acceptors (Lipinski definition) is 1. The van der Waals surface area contributed by atoms with E-state index in [2.05, 4.69) is 16.7 Å². The molecule has 0 atom stereocenters. The first-order valence-electron chi connectivity index (χ1n) is 4.04. The molecule has 0 aromatic rings. The molecule has 0 saturated carbocycles. The topological polar surface area (TPSA) is 24.7 Å². The molecule has 1 aliphatic rings. The van der Waals surface area contributed by atoms with Gasteiger partial charge in [0.1, 0.15) is 0 Å². The van der Waals surface area contributed by atoms with Crippen molar-refractivity contribution >= 4 is 12.6 Å². The Hall–Kier alpha value is -1.70. The van der Waals surface area contributed by atoms with Crippen LogP contribution in [0.1, 0.15) is 0 Å². The van der Waals surface area contributed by atoms with Crippen molar-refractivity contribution in [2.24, 2.45) is 9.98 Å². The minimum Gasteiger partial charge on any atom is -0.270 e. The fourth-order valence-electron chi connectivity index (χ4n) is 1.01. The maximum Gasteiger partial charge on any atom is 0.153 e. The molecule has 0 aliphatic heterocycles. The van der Waals surface area contributed by atoms with E-state index in [1.807, 2.05) is 42.5 Å². The van der Waals surface area contributed by atoms with Crippen LogP contribution in [0.15, 0.2) is 58.1 Å². The third-order valence-corrected chi connectivity index (χ3v) is 1.62. The zero-order valence-corrected chi connectivity index (χ0v) is 7.64. The van der Waals surface area contributed by atoms with Crippen LogP contribution in [-0.4, -0.2) is 19.6 Å². The molecule has 0 fully saturated rings. The molecule has 0 bridgehead atoms. The Bertz CT molecular complexity index is 328. The van der Waals surface area contributed by atoms with Crippen molar-refractivity contribution in [3.8, 4) is 0 Å². The van der Waals surface area contributed by atoms with E-state index in [9.17, 15) is 0 Å². The summed E-state index contributed by atoms with van der Waals surface area (Å²) >= 11 is 0. The smallest absolute Gasteiger partial charge is 0.153 e. The van der Waals surface area contributed by atoms with Gasteiger partial charge in [0, 0.05) is 12.6 Å². The summed E-state index contributed by atoms with van der Waals surface area (Å²) in [4.78, 5) is 7.84. The summed E-state index contributed by atoms with van der Waals surface area (Å²) in [6.45, 7) is 3.46. The van der Waals surface area contributed by atoms with Gasteiger partial charge in [0.25, 0.3) is 0 Å². The number of rotatable bonds is 1. The summed E-state index contributed by atoms with van der Waals surface area (Å²) in [6, 6.07) is 0. The van der Waals surface area contributed by atoms with Crippen LogP contribution < -0.4 is 0 Å². The van der Waals surface area contributed by atoms with Crippen molar-refractivity contribution in [2.75, 3.05) is 7.05 Å².